The van der Waals surface area contributed by atoms with Crippen molar-refractivity contribution >= 4 is 16.1 Å². The number of unbranched alkanes of at least 4 members (excludes halogenated alkanes) is 1. The molecule has 0 radical (unpaired) electrons. The van der Waals surface area contributed by atoms with E-state index in [1.807, 2.05) is 0 Å². The highest BCUT2D eigenvalue weighted by Crippen LogP contribution is 2.01. The molecular weight excluding hydrogens is 208 g/mol. The number of carbonyl (C=O) groups excluding carboxylic acids is 1. The predicted octanol–water partition coefficient (Wildman–Crippen LogP) is 0.774. The topological polar surface area (TPSA) is 80.7 Å². The van der Waals surface area contributed by atoms with Crippen LogP contribution >= 0.6 is 0 Å². The Morgan fingerprint density at radius 3 is 2.50 bits per heavy atom. The summed E-state index contributed by atoms with van der Waals surface area (Å²) in [4.78, 5) is 10.8. The van der Waals surface area contributed by atoms with Crippen LogP contribution < -0.4 is 0 Å². The summed E-state index contributed by atoms with van der Waals surface area (Å²) in [6.45, 7) is 1.58. The normalized spacial score (nSPS) is 12.6. The molecule has 0 heterocycles. The van der Waals surface area contributed by atoms with Crippen molar-refractivity contribution in [3.05, 3.63) is 11.6 Å². The fourth-order valence-corrected chi connectivity index (χ4v) is 1.36. The van der Waals surface area contributed by atoms with Gasteiger partial charge in [0.2, 0.25) is 0 Å². The number of hydrogen-bond donors (Lipinski definition) is 1. The van der Waals surface area contributed by atoms with Gasteiger partial charge in [-0.05, 0) is 19.8 Å². The number of methoxy groups -OCH3 is 1. The monoisotopic (exact) mass is 222 g/mol. The van der Waals surface area contributed by atoms with Gasteiger partial charge in [-0.3, -0.25) is 4.55 Å². The molecule has 0 unspecified atom stereocenters. The molecule has 0 saturated carbocycles. The minimum Gasteiger partial charge on any atom is -0.466 e. The summed E-state index contributed by atoms with van der Waals surface area (Å²) in [6.07, 6.45) is 2.28. The van der Waals surface area contributed by atoms with Gasteiger partial charge in [0.25, 0.3) is 10.1 Å². The second kappa shape index (κ2) is 5.77. The van der Waals surface area contributed by atoms with Gasteiger partial charge in [-0.1, -0.05) is 6.08 Å². The molecule has 1 N–H and O–H groups in total. The molecular formula is C8H14O5S. The molecule has 0 aliphatic carbocycles. The third kappa shape index (κ3) is 6.62. The van der Waals surface area contributed by atoms with Crippen LogP contribution in [0.4, 0.5) is 0 Å². The number of rotatable bonds is 5. The zero-order valence-electron chi connectivity index (χ0n) is 8.19. The molecule has 0 spiro atoms. The van der Waals surface area contributed by atoms with Crippen molar-refractivity contribution in [2.45, 2.75) is 19.8 Å². The molecule has 0 aromatic heterocycles. The molecule has 0 aromatic carbocycles. The third-order valence-corrected chi connectivity index (χ3v) is 2.37. The van der Waals surface area contributed by atoms with Crippen molar-refractivity contribution in [1.29, 1.82) is 0 Å². The molecule has 0 rings (SSSR count). The molecule has 14 heavy (non-hydrogen) atoms. The number of carbonyl (C=O) groups is 1. The Labute approximate surface area is 83.5 Å². The van der Waals surface area contributed by atoms with Crippen LogP contribution in [0.2, 0.25) is 0 Å². The molecule has 0 bridgehead atoms. The van der Waals surface area contributed by atoms with Gasteiger partial charge in [0.1, 0.15) is 0 Å². The second-order valence-electron chi connectivity index (χ2n) is 2.81. The highest BCUT2D eigenvalue weighted by molar-refractivity contribution is 7.85. The number of ether oxygens (including phenoxy) is 1. The summed E-state index contributed by atoms with van der Waals surface area (Å²) in [5, 5.41) is 0. The number of allylic oxidation sites excluding steroid dienone is 1. The van der Waals surface area contributed by atoms with Crippen LogP contribution in [-0.4, -0.2) is 31.8 Å². The van der Waals surface area contributed by atoms with E-state index < -0.39 is 16.1 Å². The summed E-state index contributed by atoms with van der Waals surface area (Å²) in [7, 11) is -2.62. The SMILES string of the molecule is COC(=O)C(C)=CCCCS(=O)(=O)O. The maximum Gasteiger partial charge on any atom is 0.333 e. The quantitative estimate of drug-likeness (QED) is 0.321. The zero-order chi connectivity index (χ0) is 11.2. The molecule has 0 aromatic rings. The van der Waals surface area contributed by atoms with Crippen LogP contribution in [0.15, 0.2) is 11.6 Å². The molecule has 0 amide bonds. The Balaban J connectivity index is 3.89. The van der Waals surface area contributed by atoms with Crippen molar-refractivity contribution in [3.8, 4) is 0 Å². The Morgan fingerprint density at radius 2 is 2.07 bits per heavy atom. The van der Waals surface area contributed by atoms with Gasteiger partial charge < -0.3 is 4.74 Å². The van der Waals surface area contributed by atoms with E-state index in [-0.39, 0.29) is 12.2 Å². The average Bonchev–Trinajstić information content (AvgIpc) is 2.09. The molecule has 0 atom stereocenters. The van der Waals surface area contributed by atoms with Crippen molar-refractivity contribution in [3.63, 3.8) is 0 Å². The Morgan fingerprint density at radius 1 is 1.50 bits per heavy atom. The minimum absolute atomic E-state index is 0.285. The lowest BCUT2D eigenvalue weighted by atomic mass is 10.2. The molecule has 0 fully saturated rings. The average molecular weight is 222 g/mol. The molecule has 6 heteroatoms. The Hall–Kier alpha value is -0.880. The van der Waals surface area contributed by atoms with Gasteiger partial charge in [-0.15, -0.1) is 0 Å². The fourth-order valence-electron chi connectivity index (χ4n) is 0.829. The van der Waals surface area contributed by atoms with Crippen LogP contribution in [0.5, 0.6) is 0 Å². The van der Waals surface area contributed by atoms with Gasteiger partial charge in [0.15, 0.2) is 0 Å². The first-order valence-corrected chi connectivity index (χ1v) is 5.68. The smallest absolute Gasteiger partial charge is 0.333 e. The maximum atomic E-state index is 10.8. The van der Waals surface area contributed by atoms with E-state index in [0.717, 1.165) is 0 Å². The van der Waals surface area contributed by atoms with Gasteiger partial charge in [0, 0.05) is 5.57 Å². The third-order valence-electron chi connectivity index (χ3n) is 1.56. The van der Waals surface area contributed by atoms with Crippen molar-refractivity contribution in [1.82, 2.24) is 0 Å². The zero-order valence-corrected chi connectivity index (χ0v) is 9.00. The van der Waals surface area contributed by atoms with Crippen molar-refractivity contribution < 1.29 is 22.5 Å². The van der Waals surface area contributed by atoms with Gasteiger partial charge in [-0.25, -0.2) is 4.79 Å². The van der Waals surface area contributed by atoms with E-state index >= 15 is 0 Å². The van der Waals surface area contributed by atoms with E-state index in [9.17, 15) is 13.2 Å². The van der Waals surface area contributed by atoms with E-state index in [0.29, 0.717) is 12.0 Å². The highest BCUT2D eigenvalue weighted by Gasteiger charge is 2.04. The summed E-state index contributed by atoms with van der Waals surface area (Å²) in [5.41, 5.74) is 0.433. The summed E-state index contributed by atoms with van der Waals surface area (Å²) >= 11 is 0. The second-order valence-corrected chi connectivity index (χ2v) is 4.38. The Kier molecular flexibility index (Phi) is 5.40. The van der Waals surface area contributed by atoms with Crippen LogP contribution in [0.25, 0.3) is 0 Å². The van der Waals surface area contributed by atoms with Crippen LogP contribution in [0, 0.1) is 0 Å². The molecule has 0 aliphatic heterocycles. The van der Waals surface area contributed by atoms with Crippen LogP contribution in [-0.2, 0) is 19.6 Å². The number of hydrogen-bond acceptors (Lipinski definition) is 4. The largest absolute Gasteiger partial charge is 0.466 e. The fraction of sp³-hybridized carbons (Fsp3) is 0.625. The summed E-state index contributed by atoms with van der Waals surface area (Å²) < 4.78 is 33.5. The van der Waals surface area contributed by atoms with Crippen molar-refractivity contribution in [2.24, 2.45) is 0 Å². The lowest BCUT2D eigenvalue weighted by molar-refractivity contribution is -0.136. The van der Waals surface area contributed by atoms with Crippen LogP contribution in [0.3, 0.4) is 0 Å². The van der Waals surface area contributed by atoms with Gasteiger partial charge in [-0.2, -0.15) is 8.42 Å². The highest BCUT2D eigenvalue weighted by atomic mass is 32.2. The summed E-state index contributed by atoms with van der Waals surface area (Å²) in [5.74, 6) is -0.727. The standard InChI is InChI=1S/C8H14O5S/c1-7(8(9)13-2)5-3-4-6-14(10,11)12/h5H,3-4,6H2,1-2H3,(H,10,11,12). The minimum atomic E-state index is -3.89. The first-order valence-electron chi connectivity index (χ1n) is 4.07. The molecule has 5 nitrogen and oxygen atoms in total. The van der Waals surface area contributed by atoms with Gasteiger partial charge >= 0.3 is 5.97 Å². The van der Waals surface area contributed by atoms with E-state index in [1.165, 1.54) is 7.11 Å². The van der Waals surface area contributed by atoms with Gasteiger partial charge in [0.05, 0.1) is 12.9 Å². The van der Waals surface area contributed by atoms with Crippen LogP contribution in [0.1, 0.15) is 19.8 Å². The van der Waals surface area contributed by atoms with E-state index in [4.69, 9.17) is 4.55 Å². The predicted molar refractivity (Wildman–Crippen MR) is 51.4 cm³/mol. The maximum absolute atomic E-state index is 10.8. The lowest BCUT2D eigenvalue weighted by Gasteiger charge is -1.98. The summed E-state index contributed by atoms with van der Waals surface area (Å²) in [6, 6.07) is 0. The van der Waals surface area contributed by atoms with Crippen molar-refractivity contribution in [2.75, 3.05) is 12.9 Å². The first kappa shape index (κ1) is 13.1. The lowest BCUT2D eigenvalue weighted by Crippen LogP contribution is -2.04. The molecule has 0 saturated heterocycles. The Bertz CT molecular complexity index is 315. The first-order chi connectivity index (χ1) is 6.37. The number of esters is 1. The van der Waals surface area contributed by atoms with E-state index in [1.54, 1.807) is 13.0 Å². The van der Waals surface area contributed by atoms with E-state index in [2.05, 4.69) is 4.74 Å². The molecule has 0 aliphatic rings. The molecule has 82 valence electrons.